The Kier molecular flexibility index (Phi) is 6.02. The van der Waals surface area contributed by atoms with E-state index in [0.29, 0.717) is 19.2 Å². The van der Waals surface area contributed by atoms with Crippen LogP contribution in [0.2, 0.25) is 0 Å². The van der Waals surface area contributed by atoms with Crippen molar-refractivity contribution in [2.24, 2.45) is 0 Å². The maximum atomic E-state index is 11.9. The van der Waals surface area contributed by atoms with Crippen molar-refractivity contribution in [2.75, 3.05) is 19.8 Å². The molecule has 5 nitrogen and oxygen atoms in total. The highest BCUT2D eigenvalue weighted by molar-refractivity contribution is 5.74. The number of nitrogens with zero attached hydrogens (tertiary/aromatic N) is 1. The molecule has 0 unspecified atom stereocenters. The van der Waals surface area contributed by atoms with E-state index in [1.807, 2.05) is 24.3 Å². The minimum absolute atomic E-state index is 0.0441. The fraction of sp³-hybridized carbons (Fsp3) is 0.562. The molecular weight excluding hydrogens is 266 g/mol. The van der Waals surface area contributed by atoms with Crippen molar-refractivity contribution in [3.8, 4) is 0 Å². The zero-order valence-corrected chi connectivity index (χ0v) is 12.9. The molecule has 0 bridgehead atoms. The lowest BCUT2D eigenvalue weighted by molar-refractivity contribution is 0.126. The van der Waals surface area contributed by atoms with E-state index in [4.69, 9.17) is 4.74 Å². The lowest BCUT2D eigenvalue weighted by Gasteiger charge is -2.08. The Labute approximate surface area is 125 Å². The number of aromatic amines is 1. The zero-order chi connectivity index (χ0) is 15.1. The van der Waals surface area contributed by atoms with Crippen LogP contribution < -0.4 is 11.0 Å². The van der Waals surface area contributed by atoms with E-state index >= 15 is 0 Å². The van der Waals surface area contributed by atoms with Crippen LogP contribution in [0.4, 0.5) is 0 Å². The molecule has 0 radical (unpaired) electrons. The molecule has 0 amide bonds. The van der Waals surface area contributed by atoms with Crippen LogP contribution in [0, 0.1) is 0 Å². The van der Waals surface area contributed by atoms with Crippen molar-refractivity contribution in [3.63, 3.8) is 0 Å². The normalized spacial score (nSPS) is 11.6. The summed E-state index contributed by atoms with van der Waals surface area (Å²) in [6.45, 7) is 7.41. The number of hydrogen-bond donors (Lipinski definition) is 2. The standard InChI is InChI=1S/C16H25N3O2/c1-13(2)17-9-5-11-21-12-6-10-19-15-8-4-3-7-14(15)18-16(19)20/h3-4,7-8,13,17H,5-6,9-12H2,1-2H3,(H,18,20). The molecule has 0 spiro atoms. The van der Waals surface area contributed by atoms with Gasteiger partial charge in [0.1, 0.15) is 0 Å². The molecule has 0 atom stereocenters. The number of nitrogens with one attached hydrogen (secondary N) is 2. The second kappa shape index (κ2) is 8.00. The van der Waals surface area contributed by atoms with Crippen LogP contribution in [0.1, 0.15) is 26.7 Å². The zero-order valence-electron chi connectivity index (χ0n) is 12.9. The van der Waals surface area contributed by atoms with Gasteiger partial charge in [0.25, 0.3) is 0 Å². The molecular formula is C16H25N3O2. The Morgan fingerprint density at radius 3 is 2.81 bits per heavy atom. The van der Waals surface area contributed by atoms with Gasteiger partial charge < -0.3 is 15.0 Å². The Hall–Kier alpha value is -1.59. The molecule has 1 heterocycles. The van der Waals surface area contributed by atoms with E-state index in [9.17, 15) is 4.79 Å². The highest BCUT2D eigenvalue weighted by atomic mass is 16.5. The number of hydrogen-bond acceptors (Lipinski definition) is 3. The predicted molar refractivity (Wildman–Crippen MR) is 85.8 cm³/mol. The highest BCUT2D eigenvalue weighted by Crippen LogP contribution is 2.09. The molecule has 5 heteroatoms. The smallest absolute Gasteiger partial charge is 0.326 e. The second-order valence-corrected chi connectivity index (χ2v) is 5.53. The highest BCUT2D eigenvalue weighted by Gasteiger charge is 2.04. The molecule has 0 fully saturated rings. The number of benzene rings is 1. The van der Waals surface area contributed by atoms with Gasteiger partial charge in [-0.3, -0.25) is 4.57 Å². The first-order valence-corrected chi connectivity index (χ1v) is 7.67. The molecule has 116 valence electrons. The summed E-state index contributed by atoms with van der Waals surface area (Å²) in [5.41, 5.74) is 1.81. The summed E-state index contributed by atoms with van der Waals surface area (Å²) in [5, 5.41) is 3.36. The van der Waals surface area contributed by atoms with Crippen molar-refractivity contribution in [2.45, 2.75) is 39.3 Å². The van der Waals surface area contributed by atoms with Crippen LogP contribution in [0.3, 0.4) is 0 Å². The lowest BCUT2D eigenvalue weighted by atomic mass is 10.3. The lowest BCUT2D eigenvalue weighted by Crippen LogP contribution is -2.24. The van der Waals surface area contributed by atoms with Crippen molar-refractivity contribution in [1.29, 1.82) is 0 Å². The topological polar surface area (TPSA) is 59.0 Å². The average Bonchev–Trinajstić information content (AvgIpc) is 2.77. The second-order valence-electron chi connectivity index (χ2n) is 5.53. The fourth-order valence-corrected chi connectivity index (χ4v) is 2.32. The first-order valence-electron chi connectivity index (χ1n) is 7.67. The third-order valence-electron chi connectivity index (χ3n) is 3.37. The van der Waals surface area contributed by atoms with Gasteiger partial charge in [-0.1, -0.05) is 26.0 Å². The maximum Gasteiger partial charge on any atom is 0.326 e. The number of aromatic nitrogens is 2. The van der Waals surface area contributed by atoms with Crippen LogP contribution in [0.15, 0.2) is 29.1 Å². The van der Waals surface area contributed by atoms with Crippen LogP contribution in [0.25, 0.3) is 11.0 Å². The summed E-state index contributed by atoms with van der Waals surface area (Å²) in [7, 11) is 0. The minimum Gasteiger partial charge on any atom is -0.381 e. The van der Waals surface area contributed by atoms with Gasteiger partial charge >= 0.3 is 5.69 Å². The molecule has 21 heavy (non-hydrogen) atoms. The van der Waals surface area contributed by atoms with Gasteiger partial charge in [0, 0.05) is 25.8 Å². The Bertz CT molecular complexity index is 601. The van der Waals surface area contributed by atoms with Gasteiger partial charge in [0.05, 0.1) is 11.0 Å². The summed E-state index contributed by atoms with van der Waals surface area (Å²) in [6, 6.07) is 8.29. The molecule has 0 aliphatic rings. The number of aryl methyl sites for hydroxylation is 1. The van der Waals surface area contributed by atoms with Crippen LogP contribution in [0.5, 0.6) is 0 Å². The molecule has 2 N–H and O–H groups in total. The number of H-pyrrole nitrogens is 1. The summed E-state index contributed by atoms with van der Waals surface area (Å²) in [4.78, 5) is 14.7. The monoisotopic (exact) mass is 291 g/mol. The molecule has 2 aromatic rings. The van der Waals surface area contributed by atoms with E-state index in [0.717, 1.165) is 37.0 Å². The first kappa shape index (κ1) is 15.8. The quantitative estimate of drug-likeness (QED) is 0.696. The van der Waals surface area contributed by atoms with Crippen LogP contribution >= 0.6 is 0 Å². The molecule has 0 aliphatic heterocycles. The van der Waals surface area contributed by atoms with Gasteiger partial charge in [-0.25, -0.2) is 4.79 Å². The molecule has 2 rings (SSSR count). The van der Waals surface area contributed by atoms with Crippen molar-refractivity contribution in [1.82, 2.24) is 14.9 Å². The van der Waals surface area contributed by atoms with Crippen molar-refractivity contribution < 1.29 is 4.74 Å². The molecule has 0 saturated carbocycles. The summed E-state index contributed by atoms with van der Waals surface area (Å²) in [6.07, 6.45) is 1.87. The number of rotatable bonds is 9. The Morgan fingerprint density at radius 1 is 1.24 bits per heavy atom. The van der Waals surface area contributed by atoms with Gasteiger partial charge in [-0.2, -0.15) is 0 Å². The summed E-state index contributed by atoms with van der Waals surface area (Å²) >= 11 is 0. The van der Waals surface area contributed by atoms with E-state index in [1.54, 1.807) is 4.57 Å². The number of fused-ring (bicyclic) bond motifs is 1. The molecule has 1 aromatic heterocycles. The molecule has 1 aromatic carbocycles. The van der Waals surface area contributed by atoms with Gasteiger partial charge in [-0.05, 0) is 31.5 Å². The third-order valence-corrected chi connectivity index (χ3v) is 3.37. The van der Waals surface area contributed by atoms with E-state index in [1.165, 1.54) is 0 Å². The van der Waals surface area contributed by atoms with E-state index in [2.05, 4.69) is 24.1 Å². The summed E-state index contributed by atoms with van der Waals surface area (Å²) in [5.74, 6) is 0. The van der Waals surface area contributed by atoms with E-state index < -0.39 is 0 Å². The number of para-hydroxylation sites is 2. The van der Waals surface area contributed by atoms with Crippen molar-refractivity contribution in [3.05, 3.63) is 34.7 Å². The summed E-state index contributed by atoms with van der Waals surface area (Å²) < 4.78 is 7.38. The van der Waals surface area contributed by atoms with Crippen molar-refractivity contribution >= 4 is 11.0 Å². The Balaban J connectivity index is 1.69. The maximum absolute atomic E-state index is 11.9. The van der Waals surface area contributed by atoms with E-state index in [-0.39, 0.29) is 5.69 Å². The van der Waals surface area contributed by atoms with Crippen LogP contribution in [-0.2, 0) is 11.3 Å². The van der Waals surface area contributed by atoms with Gasteiger partial charge in [-0.15, -0.1) is 0 Å². The van der Waals surface area contributed by atoms with Crippen LogP contribution in [-0.4, -0.2) is 35.4 Å². The SMILES string of the molecule is CC(C)NCCCOCCCn1c(=O)[nH]c2ccccc21. The molecule has 0 aliphatic carbocycles. The fourth-order valence-electron chi connectivity index (χ4n) is 2.32. The van der Waals surface area contributed by atoms with Gasteiger partial charge in [0.15, 0.2) is 0 Å². The first-order chi connectivity index (χ1) is 10.2. The number of imidazole rings is 1. The largest absolute Gasteiger partial charge is 0.381 e. The minimum atomic E-state index is -0.0441. The third kappa shape index (κ3) is 4.72. The number of ether oxygens (including phenoxy) is 1. The predicted octanol–water partition coefficient (Wildman–Crippen LogP) is 2.12. The Morgan fingerprint density at radius 2 is 2.00 bits per heavy atom. The average molecular weight is 291 g/mol. The molecule has 0 saturated heterocycles. The van der Waals surface area contributed by atoms with Gasteiger partial charge in [0.2, 0.25) is 0 Å².